The lowest BCUT2D eigenvalue weighted by molar-refractivity contribution is 0.318. The van der Waals surface area contributed by atoms with Crippen LogP contribution >= 0.6 is 0 Å². The number of rotatable bonds is 4. The quantitative estimate of drug-likeness (QED) is 0.890. The van der Waals surface area contributed by atoms with Crippen molar-refractivity contribution in [1.82, 2.24) is 4.90 Å². The van der Waals surface area contributed by atoms with E-state index in [-0.39, 0.29) is 5.69 Å². The van der Waals surface area contributed by atoms with Gasteiger partial charge in [-0.1, -0.05) is 0 Å². The van der Waals surface area contributed by atoms with E-state index in [2.05, 4.69) is 14.9 Å². The predicted octanol–water partition coefficient (Wildman–Crippen LogP) is 1.85. The van der Waals surface area contributed by atoms with E-state index in [0.29, 0.717) is 12.1 Å². The minimum absolute atomic E-state index is 0.0104. The number of hydrogen-bond donors (Lipinski definition) is 2. The van der Waals surface area contributed by atoms with Crippen molar-refractivity contribution in [2.45, 2.75) is 31.3 Å². The first-order chi connectivity index (χ1) is 9.92. The Hall–Kier alpha value is -1.34. The Morgan fingerprint density at radius 1 is 1.29 bits per heavy atom. The molecule has 7 heteroatoms. The van der Waals surface area contributed by atoms with Gasteiger partial charge in [0.15, 0.2) is 0 Å². The first-order valence-electron chi connectivity index (χ1n) is 7.20. The number of anilines is 2. The van der Waals surface area contributed by atoms with Crippen LogP contribution in [-0.4, -0.2) is 44.7 Å². The summed E-state index contributed by atoms with van der Waals surface area (Å²) >= 11 is 0. The Morgan fingerprint density at radius 3 is 2.86 bits per heavy atom. The third kappa shape index (κ3) is 3.29. The summed E-state index contributed by atoms with van der Waals surface area (Å²) in [5.41, 5.74) is 0.741. The van der Waals surface area contributed by atoms with Crippen molar-refractivity contribution in [3.8, 4) is 0 Å². The fourth-order valence-corrected chi connectivity index (χ4v) is 3.91. The summed E-state index contributed by atoms with van der Waals surface area (Å²) in [6.07, 6.45) is 4.50. The molecule has 116 valence electrons. The average Bonchev–Trinajstić information content (AvgIpc) is 2.96. The Bertz CT molecular complexity index is 635. The molecule has 2 atom stereocenters. The van der Waals surface area contributed by atoms with Crippen LogP contribution in [0.4, 0.5) is 15.8 Å². The molecule has 2 fully saturated rings. The minimum atomic E-state index is -3.48. The van der Waals surface area contributed by atoms with Crippen molar-refractivity contribution >= 4 is 21.4 Å². The number of benzene rings is 1. The van der Waals surface area contributed by atoms with Crippen LogP contribution in [0, 0.1) is 5.82 Å². The van der Waals surface area contributed by atoms with Crippen LogP contribution in [0.1, 0.15) is 19.3 Å². The lowest BCUT2D eigenvalue weighted by Gasteiger charge is -2.22. The molecule has 2 heterocycles. The molecule has 2 aliphatic rings. The summed E-state index contributed by atoms with van der Waals surface area (Å²) < 4.78 is 38.4. The predicted molar refractivity (Wildman–Crippen MR) is 81.5 cm³/mol. The number of nitrogens with one attached hydrogen (secondary N) is 2. The lowest BCUT2D eigenvalue weighted by Crippen LogP contribution is -2.33. The molecule has 21 heavy (non-hydrogen) atoms. The second kappa shape index (κ2) is 5.46. The number of nitrogens with zero attached hydrogens (tertiary/aromatic N) is 1. The van der Waals surface area contributed by atoms with E-state index in [1.165, 1.54) is 25.0 Å². The van der Waals surface area contributed by atoms with Crippen LogP contribution in [0.3, 0.4) is 0 Å². The highest BCUT2D eigenvalue weighted by Crippen LogP contribution is 2.31. The standard InChI is InChI=1S/C14H20FN3O2S/c1-21(19,20)17-13-9-10(4-5-11(13)15)16-12-6-8-18-7-2-3-14(12)18/h4-5,9,12,14,16-17H,2-3,6-8H2,1H3. The molecule has 1 aromatic rings. The van der Waals surface area contributed by atoms with Crippen molar-refractivity contribution in [3.05, 3.63) is 24.0 Å². The zero-order valence-electron chi connectivity index (χ0n) is 12.0. The summed E-state index contributed by atoms with van der Waals surface area (Å²) in [5.74, 6) is -0.570. The molecule has 2 unspecified atom stereocenters. The Labute approximate surface area is 124 Å². The maximum absolute atomic E-state index is 13.7. The van der Waals surface area contributed by atoms with E-state index in [9.17, 15) is 12.8 Å². The summed E-state index contributed by atoms with van der Waals surface area (Å²) in [6.45, 7) is 2.26. The molecule has 2 aliphatic heterocycles. The van der Waals surface area contributed by atoms with Crippen molar-refractivity contribution in [3.63, 3.8) is 0 Å². The highest BCUT2D eigenvalue weighted by atomic mass is 32.2. The summed E-state index contributed by atoms with van der Waals surface area (Å²) in [7, 11) is -3.48. The highest BCUT2D eigenvalue weighted by molar-refractivity contribution is 7.92. The molecular formula is C14H20FN3O2S. The maximum Gasteiger partial charge on any atom is 0.229 e. The van der Waals surface area contributed by atoms with Gasteiger partial charge in [-0.25, -0.2) is 12.8 Å². The van der Waals surface area contributed by atoms with E-state index < -0.39 is 15.8 Å². The van der Waals surface area contributed by atoms with Crippen molar-refractivity contribution in [2.24, 2.45) is 0 Å². The zero-order valence-corrected chi connectivity index (χ0v) is 12.8. The van der Waals surface area contributed by atoms with Crippen LogP contribution < -0.4 is 10.0 Å². The SMILES string of the molecule is CS(=O)(=O)Nc1cc(NC2CCN3CCCC23)ccc1F. The zero-order chi connectivity index (χ0) is 15.0. The van der Waals surface area contributed by atoms with Crippen LogP contribution in [0.15, 0.2) is 18.2 Å². The van der Waals surface area contributed by atoms with E-state index >= 15 is 0 Å². The third-order valence-corrected chi connectivity index (χ3v) is 4.81. The minimum Gasteiger partial charge on any atom is -0.381 e. The highest BCUT2D eigenvalue weighted by Gasteiger charge is 2.36. The molecule has 0 aliphatic carbocycles. The molecular weight excluding hydrogens is 293 g/mol. The van der Waals surface area contributed by atoms with E-state index in [1.807, 2.05) is 0 Å². The molecule has 0 amide bonds. The molecule has 0 spiro atoms. The molecule has 0 aromatic heterocycles. The van der Waals surface area contributed by atoms with E-state index in [1.54, 1.807) is 6.07 Å². The second-order valence-corrected chi connectivity index (χ2v) is 7.60. The summed E-state index contributed by atoms with van der Waals surface area (Å²) in [6, 6.07) is 5.36. The second-order valence-electron chi connectivity index (χ2n) is 5.85. The first-order valence-corrected chi connectivity index (χ1v) is 9.09. The van der Waals surface area contributed by atoms with Gasteiger partial charge in [0, 0.05) is 24.3 Å². The van der Waals surface area contributed by atoms with Crippen LogP contribution in [0.2, 0.25) is 0 Å². The van der Waals surface area contributed by atoms with Gasteiger partial charge >= 0.3 is 0 Å². The van der Waals surface area contributed by atoms with Crippen molar-refractivity contribution in [2.75, 3.05) is 29.4 Å². The number of fused-ring (bicyclic) bond motifs is 1. The van der Waals surface area contributed by atoms with Gasteiger partial charge in [0.2, 0.25) is 10.0 Å². The van der Waals surface area contributed by atoms with Gasteiger partial charge in [-0.05, 0) is 44.0 Å². The monoisotopic (exact) mass is 313 g/mol. The van der Waals surface area contributed by atoms with E-state index in [4.69, 9.17) is 0 Å². The van der Waals surface area contributed by atoms with Gasteiger partial charge in [-0.15, -0.1) is 0 Å². The molecule has 5 nitrogen and oxygen atoms in total. The van der Waals surface area contributed by atoms with Gasteiger partial charge < -0.3 is 5.32 Å². The third-order valence-electron chi connectivity index (χ3n) is 4.22. The maximum atomic E-state index is 13.7. The number of hydrogen-bond acceptors (Lipinski definition) is 4. The molecule has 2 saturated heterocycles. The van der Waals surface area contributed by atoms with Gasteiger partial charge in [-0.3, -0.25) is 9.62 Å². The topological polar surface area (TPSA) is 61.4 Å². The fraction of sp³-hybridized carbons (Fsp3) is 0.571. The summed E-state index contributed by atoms with van der Waals surface area (Å²) in [4.78, 5) is 2.48. The Morgan fingerprint density at radius 2 is 2.10 bits per heavy atom. The molecule has 3 rings (SSSR count). The van der Waals surface area contributed by atoms with Gasteiger partial charge in [0.1, 0.15) is 5.82 Å². The largest absolute Gasteiger partial charge is 0.381 e. The molecule has 2 N–H and O–H groups in total. The van der Waals surface area contributed by atoms with Gasteiger partial charge in [0.05, 0.1) is 11.9 Å². The van der Waals surface area contributed by atoms with Gasteiger partial charge in [-0.2, -0.15) is 0 Å². The number of sulfonamides is 1. The normalized spacial score (nSPS) is 25.8. The van der Waals surface area contributed by atoms with Crippen LogP contribution in [-0.2, 0) is 10.0 Å². The van der Waals surface area contributed by atoms with E-state index in [0.717, 1.165) is 31.5 Å². The average molecular weight is 313 g/mol. The molecule has 0 radical (unpaired) electrons. The first kappa shape index (κ1) is 14.6. The van der Waals surface area contributed by atoms with Crippen molar-refractivity contribution in [1.29, 1.82) is 0 Å². The molecule has 0 saturated carbocycles. The van der Waals surface area contributed by atoms with Gasteiger partial charge in [0.25, 0.3) is 0 Å². The fourth-order valence-electron chi connectivity index (χ4n) is 3.36. The molecule has 1 aromatic carbocycles. The van der Waals surface area contributed by atoms with Crippen molar-refractivity contribution < 1.29 is 12.8 Å². The smallest absolute Gasteiger partial charge is 0.229 e. The Kier molecular flexibility index (Phi) is 3.79. The van der Waals surface area contributed by atoms with Crippen LogP contribution in [0.25, 0.3) is 0 Å². The molecule has 0 bridgehead atoms. The number of halogens is 1. The Balaban J connectivity index is 1.75. The summed E-state index contributed by atoms with van der Waals surface area (Å²) in [5, 5.41) is 3.42. The lowest BCUT2D eigenvalue weighted by atomic mass is 10.1. The van der Waals surface area contributed by atoms with Crippen LogP contribution in [0.5, 0.6) is 0 Å².